The van der Waals surface area contributed by atoms with Gasteiger partial charge in [0, 0.05) is 31.5 Å². The minimum atomic E-state index is -4.68. The van der Waals surface area contributed by atoms with Crippen LogP contribution in [0.15, 0.2) is 54.6 Å². The van der Waals surface area contributed by atoms with Crippen molar-refractivity contribution in [2.75, 3.05) is 37.0 Å². The molecule has 2 N–H and O–H groups in total. The Morgan fingerprint density at radius 3 is 2.33 bits per heavy atom. The Bertz CT molecular complexity index is 1410. The Hall–Kier alpha value is -4.88. The smallest absolute Gasteiger partial charge is 0.416 e. The second-order valence-corrected chi connectivity index (χ2v) is 9.42. The molecule has 1 saturated heterocycles. The van der Waals surface area contributed by atoms with Gasteiger partial charge in [-0.3, -0.25) is 24.3 Å². The quantitative estimate of drug-likeness (QED) is 0.210. The van der Waals surface area contributed by atoms with Crippen molar-refractivity contribution in [2.45, 2.75) is 32.6 Å². The molecule has 1 unspecified atom stereocenters. The number of carbonyl (C=O) groups is 5. The van der Waals surface area contributed by atoms with Crippen LogP contribution >= 0.6 is 0 Å². The van der Waals surface area contributed by atoms with E-state index in [0.29, 0.717) is 23.7 Å². The highest BCUT2D eigenvalue weighted by Crippen LogP contribution is 2.33. The van der Waals surface area contributed by atoms with Gasteiger partial charge in [0.25, 0.3) is 11.8 Å². The first-order valence-corrected chi connectivity index (χ1v) is 12.7. The summed E-state index contributed by atoms with van der Waals surface area (Å²) in [6, 6.07) is 7.18. The Morgan fingerprint density at radius 1 is 1.14 bits per heavy atom. The summed E-state index contributed by atoms with van der Waals surface area (Å²) in [6.45, 7) is 6.28. The average molecular weight is 590 g/mol. The third kappa shape index (κ3) is 6.87. The van der Waals surface area contributed by atoms with E-state index < -0.39 is 53.7 Å². The molecule has 224 valence electrons. The highest BCUT2D eigenvalue weighted by atomic mass is 19.4. The van der Waals surface area contributed by atoms with Crippen molar-refractivity contribution in [1.82, 2.24) is 15.5 Å². The van der Waals surface area contributed by atoms with Crippen LogP contribution < -0.4 is 20.4 Å². The SMILES string of the molecule is C=C(C(=O)NC(C)C(=O)OC)C(=O)N(Cc1cccc(C(F)(F)F)c1C)C(=O)N(C)c1ccc(N2CCNC2=O)cc1. The minimum Gasteiger partial charge on any atom is -0.467 e. The molecular weight excluding hydrogens is 559 g/mol. The first-order chi connectivity index (χ1) is 19.7. The number of amides is 6. The van der Waals surface area contributed by atoms with Gasteiger partial charge in [-0.1, -0.05) is 18.7 Å². The third-order valence-electron chi connectivity index (χ3n) is 6.68. The molecule has 14 heteroatoms. The van der Waals surface area contributed by atoms with Gasteiger partial charge in [0.2, 0.25) is 0 Å². The lowest BCUT2D eigenvalue weighted by atomic mass is 10.0. The Labute approximate surface area is 239 Å². The summed E-state index contributed by atoms with van der Waals surface area (Å²) in [6.07, 6.45) is -4.68. The predicted molar refractivity (Wildman–Crippen MR) is 146 cm³/mol. The first-order valence-electron chi connectivity index (χ1n) is 12.7. The highest BCUT2D eigenvalue weighted by molar-refractivity contribution is 6.22. The second-order valence-electron chi connectivity index (χ2n) is 9.42. The zero-order valence-electron chi connectivity index (χ0n) is 23.4. The standard InChI is InChI=1S/C28H30F3N5O6/c1-16-19(7-6-8-22(16)28(29,30)31)15-36(24(38)17(2)23(37)33-18(3)25(39)42-5)27(41)34(4)20-9-11-21(12-10-20)35-14-13-32-26(35)40/h6-12,18H,2,13-15H2,1,3-5H3,(H,32,40)(H,33,37). The highest BCUT2D eigenvalue weighted by Gasteiger charge is 2.35. The number of rotatable bonds is 8. The largest absolute Gasteiger partial charge is 0.467 e. The molecule has 0 aliphatic carbocycles. The normalized spacial score (nSPS) is 13.6. The predicted octanol–water partition coefficient (Wildman–Crippen LogP) is 3.36. The van der Waals surface area contributed by atoms with Crippen molar-refractivity contribution < 1.29 is 41.9 Å². The number of nitrogens with one attached hydrogen (secondary N) is 2. The van der Waals surface area contributed by atoms with Gasteiger partial charge in [0.15, 0.2) is 0 Å². The molecule has 11 nitrogen and oxygen atoms in total. The molecule has 0 bridgehead atoms. The number of esters is 1. The number of urea groups is 2. The van der Waals surface area contributed by atoms with Crippen molar-refractivity contribution in [2.24, 2.45) is 0 Å². The number of anilines is 2. The fourth-order valence-corrected chi connectivity index (χ4v) is 4.20. The maximum absolute atomic E-state index is 13.7. The molecule has 1 aliphatic rings. The van der Waals surface area contributed by atoms with E-state index in [-0.39, 0.29) is 22.8 Å². The molecule has 1 heterocycles. The zero-order chi connectivity index (χ0) is 31.4. The molecule has 42 heavy (non-hydrogen) atoms. The summed E-state index contributed by atoms with van der Waals surface area (Å²) in [7, 11) is 2.44. The Morgan fingerprint density at radius 2 is 1.79 bits per heavy atom. The molecule has 0 spiro atoms. The minimum absolute atomic E-state index is 0.00598. The molecular formula is C28H30F3N5O6. The lowest BCUT2D eigenvalue weighted by molar-refractivity contribution is -0.144. The van der Waals surface area contributed by atoms with Gasteiger partial charge in [0.05, 0.1) is 24.8 Å². The summed E-state index contributed by atoms with van der Waals surface area (Å²) in [5.41, 5.74) is -1.03. The van der Waals surface area contributed by atoms with Crippen LogP contribution in [-0.4, -0.2) is 68.0 Å². The van der Waals surface area contributed by atoms with E-state index in [0.717, 1.165) is 24.1 Å². The van der Waals surface area contributed by atoms with Gasteiger partial charge < -0.3 is 15.4 Å². The van der Waals surface area contributed by atoms with Crippen LogP contribution in [0.3, 0.4) is 0 Å². The summed E-state index contributed by atoms with van der Waals surface area (Å²) >= 11 is 0. The van der Waals surface area contributed by atoms with Crippen LogP contribution in [0.2, 0.25) is 0 Å². The fraction of sp³-hybridized carbons (Fsp3) is 0.321. The number of methoxy groups -OCH3 is 1. The van der Waals surface area contributed by atoms with Gasteiger partial charge >= 0.3 is 24.2 Å². The summed E-state index contributed by atoms with van der Waals surface area (Å²) < 4.78 is 45.2. The molecule has 0 saturated carbocycles. The maximum Gasteiger partial charge on any atom is 0.416 e. The third-order valence-corrected chi connectivity index (χ3v) is 6.68. The van der Waals surface area contributed by atoms with E-state index in [1.807, 2.05) is 0 Å². The molecule has 0 aromatic heterocycles. The number of ether oxygens (including phenoxy) is 1. The van der Waals surface area contributed by atoms with Crippen LogP contribution in [0, 0.1) is 6.92 Å². The molecule has 1 fully saturated rings. The second kappa shape index (κ2) is 12.7. The van der Waals surface area contributed by atoms with E-state index in [4.69, 9.17) is 0 Å². The monoisotopic (exact) mass is 589 g/mol. The Balaban J connectivity index is 1.94. The molecule has 0 radical (unpaired) electrons. The van der Waals surface area contributed by atoms with Crippen molar-refractivity contribution in [3.05, 3.63) is 71.3 Å². The number of hydrogen-bond acceptors (Lipinski definition) is 6. The molecule has 1 aliphatic heterocycles. The van der Waals surface area contributed by atoms with E-state index in [9.17, 15) is 37.1 Å². The average Bonchev–Trinajstić information content (AvgIpc) is 3.39. The van der Waals surface area contributed by atoms with Gasteiger partial charge in [-0.25, -0.2) is 14.4 Å². The van der Waals surface area contributed by atoms with E-state index in [2.05, 4.69) is 21.9 Å². The number of nitrogens with zero attached hydrogens (tertiary/aromatic N) is 3. The van der Waals surface area contributed by atoms with E-state index >= 15 is 0 Å². The lowest BCUT2D eigenvalue weighted by Crippen LogP contribution is -2.48. The number of carbonyl (C=O) groups excluding carboxylic acids is 5. The van der Waals surface area contributed by atoms with Crippen LogP contribution in [0.4, 0.5) is 34.1 Å². The molecule has 1 atom stereocenters. The van der Waals surface area contributed by atoms with Crippen LogP contribution in [0.25, 0.3) is 0 Å². The fourth-order valence-electron chi connectivity index (χ4n) is 4.20. The van der Waals surface area contributed by atoms with Crippen LogP contribution in [-0.2, 0) is 31.8 Å². The van der Waals surface area contributed by atoms with Crippen LogP contribution in [0.5, 0.6) is 0 Å². The number of imide groups is 1. The summed E-state index contributed by atoms with van der Waals surface area (Å²) in [5, 5.41) is 4.91. The van der Waals surface area contributed by atoms with Gasteiger partial charge in [-0.2, -0.15) is 13.2 Å². The topological polar surface area (TPSA) is 128 Å². The zero-order valence-corrected chi connectivity index (χ0v) is 23.4. The summed E-state index contributed by atoms with van der Waals surface area (Å²) in [4.78, 5) is 66.7. The van der Waals surface area contributed by atoms with Gasteiger partial charge in [0.1, 0.15) is 6.04 Å². The first kappa shape index (κ1) is 31.6. The number of halogens is 3. The van der Waals surface area contributed by atoms with E-state index in [1.54, 1.807) is 12.1 Å². The van der Waals surface area contributed by atoms with Crippen LogP contribution in [0.1, 0.15) is 23.6 Å². The number of benzene rings is 2. The number of alkyl halides is 3. The molecule has 2 aromatic rings. The van der Waals surface area contributed by atoms with Crippen molar-refractivity contribution in [3.8, 4) is 0 Å². The van der Waals surface area contributed by atoms with Gasteiger partial charge in [-0.15, -0.1) is 0 Å². The molecule has 6 amide bonds. The Kier molecular flexibility index (Phi) is 9.60. The lowest BCUT2D eigenvalue weighted by Gasteiger charge is -2.28. The summed E-state index contributed by atoms with van der Waals surface area (Å²) in [5.74, 6) is -3.07. The van der Waals surface area contributed by atoms with E-state index in [1.165, 1.54) is 44.0 Å². The van der Waals surface area contributed by atoms with Crippen molar-refractivity contribution in [1.29, 1.82) is 0 Å². The molecule has 2 aromatic carbocycles. The van der Waals surface area contributed by atoms with Gasteiger partial charge in [-0.05, 0) is 55.3 Å². The number of hydrogen-bond donors (Lipinski definition) is 2. The maximum atomic E-state index is 13.7. The van der Waals surface area contributed by atoms with Crippen molar-refractivity contribution >= 4 is 41.2 Å². The molecule has 3 rings (SSSR count). The van der Waals surface area contributed by atoms with Crippen molar-refractivity contribution in [3.63, 3.8) is 0 Å².